The van der Waals surface area contributed by atoms with E-state index in [0.29, 0.717) is 12.2 Å². The maximum absolute atomic E-state index is 12.9. The fraction of sp³-hybridized carbons (Fsp3) is 0.667. The summed E-state index contributed by atoms with van der Waals surface area (Å²) in [5.74, 6) is 0.320. The van der Waals surface area contributed by atoms with E-state index in [-0.39, 0.29) is 24.3 Å². The topological polar surface area (TPSA) is 83.6 Å². The molecule has 1 N–H and O–H groups in total. The number of aldehydes is 1. The fourth-order valence-corrected chi connectivity index (χ4v) is 3.26. The van der Waals surface area contributed by atoms with Crippen molar-refractivity contribution in [1.82, 2.24) is 10.1 Å². The molecule has 21 heavy (non-hydrogen) atoms. The Bertz CT molecular complexity index is 538. The summed E-state index contributed by atoms with van der Waals surface area (Å²) in [7, 11) is 0. The number of aromatic nitrogens is 1. The Morgan fingerprint density at radius 2 is 2.33 bits per heavy atom. The van der Waals surface area contributed by atoms with E-state index in [2.05, 4.69) is 5.16 Å². The standard InChI is InChI=1S/C15H20N2O4/c1-9-5-13(21-16-9)14(10-3-2-4-10)15(20)17-7-12(19)6-11(17)8-18/h5,8,10-12,14,19H,2-4,6-7H2,1H3. The number of likely N-dealkylation sites (tertiary alicyclic amines) is 1. The second kappa shape index (κ2) is 5.60. The molecule has 3 atom stereocenters. The predicted molar refractivity (Wildman–Crippen MR) is 73.5 cm³/mol. The van der Waals surface area contributed by atoms with Crippen molar-refractivity contribution in [3.63, 3.8) is 0 Å². The van der Waals surface area contributed by atoms with Crippen molar-refractivity contribution in [2.24, 2.45) is 5.92 Å². The van der Waals surface area contributed by atoms with Crippen LogP contribution in [0.4, 0.5) is 0 Å². The van der Waals surface area contributed by atoms with Crippen LogP contribution in [0.5, 0.6) is 0 Å². The smallest absolute Gasteiger partial charge is 0.234 e. The zero-order valence-electron chi connectivity index (χ0n) is 12.1. The number of aliphatic hydroxyl groups is 1. The Morgan fingerprint density at radius 3 is 2.86 bits per heavy atom. The summed E-state index contributed by atoms with van der Waals surface area (Å²) in [6.45, 7) is 2.04. The lowest BCUT2D eigenvalue weighted by Crippen LogP contribution is -2.43. The molecule has 0 spiro atoms. The third kappa shape index (κ3) is 2.60. The molecule has 3 unspecified atom stereocenters. The van der Waals surface area contributed by atoms with Crippen molar-refractivity contribution in [1.29, 1.82) is 0 Å². The van der Waals surface area contributed by atoms with Crippen molar-refractivity contribution in [2.45, 2.75) is 50.7 Å². The van der Waals surface area contributed by atoms with E-state index < -0.39 is 12.1 Å². The molecule has 1 aromatic rings. The molecule has 2 heterocycles. The SMILES string of the molecule is Cc1cc(C(C(=O)N2CC(O)CC2C=O)C2CCC2)on1. The van der Waals surface area contributed by atoms with Crippen molar-refractivity contribution in [3.8, 4) is 0 Å². The molecule has 2 aliphatic rings. The van der Waals surface area contributed by atoms with Gasteiger partial charge in [0.25, 0.3) is 0 Å². The Balaban J connectivity index is 1.85. The monoisotopic (exact) mass is 292 g/mol. The van der Waals surface area contributed by atoms with Gasteiger partial charge in [-0.1, -0.05) is 11.6 Å². The highest BCUT2D eigenvalue weighted by atomic mass is 16.5. The second-order valence-electron chi connectivity index (χ2n) is 6.12. The van der Waals surface area contributed by atoms with E-state index in [1.54, 1.807) is 6.07 Å². The molecule has 6 nitrogen and oxygen atoms in total. The maximum atomic E-state index is 12.9. The number of aryl methyl sites for hydroxylation is 1. The lowest BCUT2D eigenvalue weighted by Gasteiger charge is -2.34. The van der Waals surface area contributed by atoms with Gasteiger partial charge < -0.3 is 19.3 Å². The number of carbonyl (C=O) groups excluding carboxylic acids is 2. The first-order valence-corrected chi connectivity index (χ1v) is 7.47. The third-order valence-corrected chi connectivity index (χ3v) is 4.60. The molecule has 1 amide bonds. The normalized spacial score (nSPS) is 27.4. The fourth-order valence-electron chi connectivity index (χ4n) is 3.26. The summed E-state index contributed by atoms with van der Waals surface area (Å²) >= 11 is 0. The minimum atomic E-state index is -0.623. The van der Waals surface area contributed by atoms with Gasteiger partial charge in [-0.3, -0.25) is 4.79 Å². The Hall–Kier alpha value is -1.69. The molecular weight excluding hydrogens is 272 g/mol. The molecule has 6 heteroatoms. The van der Waals surface area contributed by atoms with Crippen molar-refractivity contribution < 1.29 is 19.2 Å². The van der Waals surface area contributed by atoms with E-state index >= 15 is 0 Å². The highest BCUT2D eigenvalue weighted by molar-refractivity contribution is 5.86. The lowest BCUT2D eigenvalue weighted by molar-refractivity contribution is -0.138. The second-order valence-corrected chi connectivity index (χ2v) is 6.12. The van der Waals surface area contributed by atoms with E-state index in [4.69, 9.17) is 4.52 Å². The number of amides is 1. The largest absolute Gasteiger partial charge is 0.391 e. The van der Waals surface area contributed by atoms with E-state index in [1.807, 2.05) is 6.92 Å². The lowest BCUT2D eigenvalue weighted by atomic mass is 9.74. The van der Waals surface area contributed by atoms with E-state index in [1.165, 1.54) is 4.90 Å². The molecular formula is C15H20N2O4. The van der Waals surface area contributed by atoms with Gasteiger partial charge in [-0.05, 0) is 25.7 Å². The number of rotatable bonds is 4. The summed E-state index contributed by atoms with van der Waals surface area (Å²) in [5.41, 5.74) is 0.746. The molecule has 3 rings (SSSR count). The van der Waals surface area contributed by atoms with Crippen LogP contribution in [0.15, 0.2) is 10.6 Å². The minimum Gasteiger partial charge on any atom is -0.391 e. The van der Waals surface area contributed by atoms with Gasteiger partial charge in [0.05, 0.1) is 17.8 Å². The average Bonchev–Trinajstić information content (AvgIpc) is 2.98. The van der Waals surface area contributed by atoms with Crippen LogP contribution >= 0.6 is 0 Å². The number of hydrogen-bond donors (Lipinski definition) is 1. The average molecular weight is 292 g/mol. The number of hydrogen-bond acceptors (Lipinski definition) is 5. The van der Waals surface area contributed by atoms with Gasteiger partial charge in [-0.15, -0.1) is 0 Å². The molecule has 1 saturated heterocycles. The van der Waals surface area contributed by atoms with Crippen LogP contribution in [0.1, 0.15) is 43.1 Å². The Kier molecular flexibility index (Phi) is 3.80. The third-order valence-electron chi connectivity index (χ3n) is 4.60. The number of carbonyl (C=O) groups is 2. The summed E-state index contributed by atoms with van der Waals surface area (Å²) < 4.78 is 5.31. The molecule has 0 bridgehead atoms. The minimum absolute atomic E-state index is 0.121. The first kappa shape index (κ1) is 14.3. The van der Waals surface area contributed by atoms with Crippen LogP contribution in [0, 0.1) is 12.8 Å². The molecule has 0 radical (unpaired) electrons. The molecule has 1 aliphatic heterocycles. The summed E-state index contributed by atoms with van der Waals surface area (Å²) in [5, 5.41) is 13.6. The molecule has 1 saturated carbocycles. The van der Waals surface area contributed by atoms with Gasteiger partial charge in [0.2, 0.25) is 5.91 Å². The maximum Gasteiger partial charge on any atom is 0.234 e. The van der Waals surface area contributed by atoms with Crippen LogP contribution in [-0.4, -0.2) is 46.0 Å². The molecule has 1 aromatic heterocycles. The molecule has 2 fully saturated rings. The van der Waals surface area contributed by atoms with Gasteiger partial charge >= 0.3 is 0 Å². The van der Waals surface area contributed by atoms with Crippen molar-refractivity contribution >= 4 is 12.2 Å². The van der Waals surface area contributed by atoms with Gasteiger partial charge in [0, 0.05) is 19.0 Å². The van der Waals surface area contributed by atoms with Gasteiger partial charge in [-0.2, -0.15) is 0 Å². The van der Waals surface area contributed by atoms with Crippen LogP contribution < -0.4 is 0 Å². The molecule has 114 valence electrons. The first-order chi connectivity index (χ1) is 10.1. The van der Waals surface area contributed by atoms with Crippen molar-refractivity contribution in [2.75, 3.05) is 6.54 Å². The Labute approximate surface area is 123 Å². The van der Waals surface area contributed by atoms with Crippen LogP contribution in [-0.2, 0) is 9.59 Å². The highest BCUT2D eigenvalue weighted by Gasteiger charge is 2.43. The predicted octanol–water partition coefficient (Wildman–Crippen LogP) is 1.03. The molecule has 0 aromatic carbocycles. The summed E-state index contributed by atoms with van der Waals surface area (Å²) in [6.07, 6.45) is 3.53. The quantitative estimate of drug-likeness (QED) is 0.838. The molecule has 1 aliphatic carbocycles. The van der Waals surface area contributed by atoms with Gasteiger partial charge in [-0.25, -0.2) is 0 Å². The zero-order chi connectivity index (χ0) is 15.0. The van der Waals surface area contributed by atoms with E-state index in [0.717, 1.165) is 31.2 Å². The van der Waals surface area contributed by atoms with Crippen LogP contribution in [0.25, 0.3) is 0 Å². The van der Waals surface area contributed by atoms with Crippen LogP contribution in [0.2, 0.25) is 0 Å². The number of nitrogens with zero attached hydrogens (tertiary/aromatic N) is 2. The summed E-state index contributed by atoms with van der Waals surface area (Å²) in [6, 6.07) is 1.27. The van der Waals surface area contributed by atoms with Crippen molar-refractivity contribution in [3.05, 3.63) is 17.5 Å². The van der Waals surface area contributed by atoms with E-state index in [9.17, 15) is 14.7 Å². The Morgan fingerprint density at radius 1 is 1.57 bits per heavy atom. The summed E-state index contributed by atoms with van der Waals surface area (Å²) in [4.78, 5) is 25.5. The van der Waals surface area contributed by atoms with Gasteiger partial charge in [0.1, 0.15) is 18.0 Å². The first-order valence-electron chi connectivity index (χ1n) is 7.47. The van der Waals surface area contributed by atoms with Crippen LogP contribution in [0.3, 0.4) is 0 Å². The number of β-amino-alcohol motifs (C(OH)–C–C–N with tert-alkyl or cyclic N) is 1. The highest BCUT2D eigenvalue weighted by Crippen LogP contribution is 2.41. The van der Waals surface area contributed by atoms with Gasteiger partial charge in [0.15, 0.2) is 0 Å². The number of aliphatic hydroxyl groups excluding tert-OH is 1. The zero-order valence-corrected chi connectivity index (χ0v) is 12.1.